The predicted molar refractivity (Wildman–Crippen MR) is 52.4 cm³/mol. The van der Waals surface area contributed by atoms with E-state index in [1.807, 2.05) is 0 Å². The summed E-state index contributed by atoms with van der Waals surface area (Å²) >= 11 is 15.9. The molecule has 0 aromatic heterocycles. The molecule has 0 bridgehead atoms. The molecule has 0 heterocycles. The van der Waals surface area contributed by atoms with Crippen LogP contribution in [0.5, 0.6) is 0 Å². The Balaban J connectivity index is 2.91. The lowest BCUT2D eigenvalue weighted by molar-refractivity contribution is -0.131. The number of hydrogen-bond donors (Lipinski definition) is 0. The van der Waals surface area contributed by atoms with Crippen LogP contribution in [0.1, 0.15) is 19.3 Å². The smallest absolute Gasteiger partial charge is 0.236 e. The van der Waals surface area contributed by atoms with Gasteiger partial charge in [-0.05, 0) is 54.1 Å². The Hall–Kier alpha value is -0.120. The van der Waals surface area contributed by atoms with Crippen LogP contribution in [0.15, 0.2) is 0 Å². The second-order valence-corrected chi connectivity index (χ2v) is 4.43. The predicted octanol–water partition coefficient (Wildman–Crippen LogP) is 2.07. The summed E-state index contributed by atoms with van der Waals surface area (Å²) in [6.45, 7) is 0. The maximum Gasteiger partial charge on any atom is 0.236 e. The Labute approximate surface area is 95.7 Å². The monoisotopic (exact) mass is 256 g/mol. The van der Waals surface area contributed by atoms with Crippen LogP contribution in [-0.4, -0.2) is 15.7 Å². The molecule has 1 saturated carbocycles. The van der Waals surface area contributed by atoms with E-state index in [9.17, 15) is 14.4 Å². The van der Waals surface area contributed by atoms with Crippen molar-refractivity contribution in [3.05, 3.63) is 0 Å². The SMILES string of the molecule is O=C(Cl)C1CCC(C(=O)Cl)(C(=O)Cl)C1. The van der Waals surface area contributed by atoms with Crippen molar-refractivity contribution in [1.82, 2.24) is 0 Å². The first kappa shape index (κ1) is 12.0. The van der Waals surface area contributed by atoms with Gasteiger partial charge in [0.25, 0.3) is 0 Å². The molecule has 78 valence electrons. The van der Waals surface area contributed by atoms with Gasteiger partial charge in [-0.15, -0.1) is 0 Å². The minimum absolute atomic E-state index is 0.0278. The summed E-state index contributed by atoms with van der Waals surface area (Å²) < 4.78 is 0. The van der Waals surface area contributed by atoms with Crippen LogP contribution < -0.4 is 0 Å². The Morgan fingerprint density at radius 2 is 1.57 bits per heavy atom. The average Bonchev–Trinajstić information content (AvgIpc) is 2.48. The average molecular weight is 258 g/mol. The highest BCUT2D eigenvalue weighted by Crippen LogP contribution is 2.45. The van der Waals surface area contributed by atoms with Crippen molar-refractivity contribution in [2.75, 3.05) is 0 Å². The van der Waals surface area contributed by atoms with Crippen molar-refractivity contribution < 1.29 is 14.4 Å². The van der Waals surface area contributed by atoms with Crippen LogP contribution >= 0.6 is 34.8 Å². The lowest BCUT2D eigenvalue weighted by Crippen LogP contribution is -2.31. The zero-order valence-electron chi connectivity index (χ0n) is 7.06. The fourth-order valence-corrected chi connectivity index (χ4v) is 2.42. The van der Waals surface area contributed by atoms with E-state index in [1.54, 1.807) is 0 Å². The maximum absolute atomic E-state index is 11.1. The van der Waals surface area contributed by atoms with Crippen molar-refractivity contribution in [3.8, 4) is 0 Å². The van der Waals surface area contributed by atoms with Crippen molar-refractivity contribution in [2.45, 2.75) is 19.3 Å². The van der Waals surface area contributed by atoms with Crippen LogP contribution in [-0.2, 0) is 14.4 Å². The molecule has 0 aliphatic heterocycles. The summed E-state index contributed by atoms with van der Waals surface area (Å²) in [4.78, 5) is 33.0. The van der Waals surface area contributed by atoms with Gasteiger partial charge in [0.2, 0.25) is 15.7 Å². The van der Waals surface area contributed by atoms with Crippen LogP contribution in [0.25, 0.3) is 0 Å². The van der Waals surface area contributed by atoms with Gasteiger partial charge in [0.1, 0.15) is 5.41 Å². The molecule has 6 heteroatoms. The van der Waals surface area contributed by atoms with Crippen molar-refractivity contribution in [3.63, 3.8) is 0 Å². The Bertz CT molecular complexity index is 286. The number of carbonyl (C=O) groups excluding carboxylic acids is 3. The van der Waals surface area contributed by atoms with Gasteiger partial charge in [-0.3, -0.25) is 14.4 Å². The summed E-state index contributed by atoms with van der Waals surface area (Å²) in [6, 6.07) is 0. The molecule has 0 spiro atoms. The summed E-state index contributed by atoms with van der Waals surface area (Å²) in [7, 11) is 0. The topological polar surface area (TPSA) is 51.2 Å². The minimum Gasteiger partial charge on any atom is -0.281 e. The number of halogens is 3. The quantitative estimate of drug-likeness (QED) is 0.574. The second kappa shape index (κ2) is 4.17. The van der Waals surface area contributed by atoms with E-state index in [0.29, 0.717) is 6.42 Å². The minimum atomic E-state index is -1.40. The van der Waals surface area contributed by atoms with E-state index in [4.69, 9.17) is 34.8 Å². The fraction of sp³-hybridized carbons (Fsp3) is 0.625. The first-order valence-corrected chi connectivity index (χ1v) is 5.13. The van der Waals surface area contributed by atoms with Gasteiger partial charge in [0.05, 0.1) is 0 Å². The van der Waals surface area contributed by atoms with Gasteiger partial charge in [0, 0.05) is 5.92 Å². The summed E-state index contributed by atoms with van der Waals surface area (Å²) in [6.07, 6.45) is 0.597. The van der Waals surface area contributed by atoms with E-state index < -0.39 is 27.1 Å². The van der Waals surface area contributed by atoms with Gasteiger partial charge >= 0.3 is 0 Å². The molecule has 1 unspecified atom stereocenters. The highest BCUT2D eigenvalue weighted by molar-refractivity contribution is 6.74. The Kier molecular flexibility index (Phi) is 3.56. The molecule has 1 rings (SSSR count). The zero-order valence-corrected chi connectivity index (χ0v) is 9.33. The van der Waals surface area contributed by atoms with E-state index in [0.717, 1.165) is 0 Å². The van der Waals surface area contributed by atoms with Gasteiger partial charge in [-0.2, -0.15) is 0 Å². The molecule has 0 N–H and O–H groups in total. The normalized spacial score (nSPS) is 24.6. The number of rotatable bonds is 3. The molecule has 0 amide bonds. The largest absolute Gasteiger partial charge is 0.281 e. The molecule has 1 aliphatic carbocycles. The lowest BCUT2D eigenvalue weighted by atomic mass is 9.88. The van der Waals surface area contributed by atoms with E-state index in [-0.39, 0.29) is 12.8 Å². The zero-order chi connectivity index (χ0) is 10.9. The van der Waals surface area contributed by atoms with Crippen LogP contribution in [0, 0.1) is 11.3 Å². The van der Waals surface area contributed by atoms with Crippen LogP contribution in [0.2, 0.25) is 0 Å². The fourth-order valence-electron chi connectivity index (χ4n) is 1.67. The van der Waals surface area contributed by atoms with Gasteiger partial charge in [0.15, 0.2) is 0 Å². The molecular formula is C8H7Cl3O3. The van der Waals surface area contributed by atoms with Crippen LogP contribution in [0.3, 0.4) is 0 Å². The Morgan fingerprint density at radius 1 is 1.07 bits per heavy atom. The van der Waals surface area contributed by atoms with Crippen molar-refractivity contribution in [1.29, 1.82) is 0 Å². The van der Waals surface area contributed by atoms with Crippen molar-refractivity contribution in [2.24, 2.45) is 11.3 Å². The summed E-state index contributed by atoms with van der Waals surface area (Å²) in [5.41, 5.74) is -1.40. The molecule has 14 heavy (non-hydrogen) atoms. The molecular weight excluding hydrogens is 250 g/mol. The first-order chi connectivity index (χ1) is 6.40. The molecule has 0 radical (unpaired) electrons. The van der Waals surface area contributed by atoms with Crippen LogP contribution in [0.4, 0.5) is 0 Å². The highest BCUT2D eigenvalue weighted by atomic mass is 35.5. The first-order valence-electron chi connectivity index (χ1n) is 3.99. The maximum atomic E-state index is 11.1. The third-order valence-corrected chi connectivity index (χ3v) is 3.62. The van der Waals surface area contributed by atoms with Gasteiger partial charge in [-0.1, -0.05) is 0 Å². The van der Waals surface area contributed by atoms with Crippen molar-refractivity contribution >= 4 is 50.5 Å². The number of hydrogen-bond acceptors (Lipinski definition) is 3. The summed E-state index contributed by atoms with van der Waals surface area (Å²) in [5, 5.41) is -2.17. The molecule has 0 aromatic rings. The molecule has 3 nitrogen and oxygen atoms in total. The molecule has 1 fully saturated rings. The molecule has 1 aliphatic rings. The van der Waals surface area contributed by atoms with Gasteiger partial charge in [-0.25, -0.2) is 0 Å². The molecule has 0 aromatic carbocycles. The second-order valence-electron chi connectivity index (χ2n) is 3.37. The highest BCUT2D eigenvalue weighted by Gasteiger charge is 2.51. The van der Waals surface area contributed by atoms with Gasteiger partial charge < -0.3 is 0 Å². The lowest BCUT2D eigenvalue weighted by Gasteiger charge is -2.18. The summed E-state index contributed by atoms with van der Waals surface area (Å²) in [5.74, 6) is -0.498. The van der Waals surface area contributed by atoms with E-state index >= 15 is 0 Å². The van der Waals surface area contributed by atoms with E-state index in [1.165, 1.54) is 0 Å². The third kappa shape index (κ3) is 1.95. The standard InChI is InChI=1S/C8H7Cl3O3/c9-5(12)4-1-2-8(3-4,6(10)13)7(11)14/h4H,1-3H2. The Morgan fingerprint density at radius 3 is 1.79 bits per heavy atom. The third-order valence-electron chi connectivity index (χ3n) is 2.59. The van der Waals surface area contributed by atoms with E-state index in [2.05, 4.69) is 0 Å². The molecule has 1 atom stereocenters. The number of carbonyl (C=O) groups is 3. The molecule has 0 saturated heterocycles.